The zero-order valence-corrected chi connectivity index (χ0v) is 21.1. The van der Waals surface area contributed by atoms with Crippen LogP contribution in [0.3, 0.4) is 0 Å². The normalized spacial score (nSPS) is 19.2. The van der Waals surface area contributed by atoms with Crippen molar-refractivity contribution < 1.29 is 31.9 Å². The highest BCUT2D eigenvalue weighted by Crippen LogP contribution is 2.43. The second kappa shape index (κ2) is 11.7. The molecule has 2 aromatic rings. The Kier molecular flexibility index (Phi) is 8.54. The van der Waals surface area contributed by atoms with Gasteiger partial charge in [-0.15, -0.1) is 0 Å². The lowest BCUT2D eigenvalue weighted by Crippen LogP contribution is -2.55. The predicted octanol–water partition coefficient (Wildman–Crippen LogP) is 6.01. The summed E-state index contributed by atoms with van der Waals surface area (Å²) < 4.78 is 69.2. The Balaban J connectivity index is 1.68. The molecule has 2 aromatic carbocycles. The molecule has 2 unspecified atom stereocenters. The molecule has 4 rings (SSSR count). The number of nitrogens with zero attached hydrogens (tertiary/aromatic N) is 4. The molecule has 2 aliphatic rings. The van der Waals surface area contributed by atoms with Gasteiger partial charge < -0.3 is 14.9 Å². The number of para-hydroxylation sites is 1. The van der Waals surface area contributed by atoms with Crippen LogP contribution in [-0.2, 0) is 11.0 Å². The van der Waals surface area contributed by atoms with Crippen LogP contribution in [0, 0.1) is 5.82 Å². The minimum atomic E-state index is -4.60. The Hall–Kier alpha value is -3.21. The fourth-order valence-corrected chi connectivity index (χ4v) is 4.98. The molecule has 0 saturated carbocycles. The van der Waals surface area contributed by atoms with Crippen LogP contribution in [0.5, 0.6) is 0 Å². The molecule has 0 aliphatic carbocycles. The minimum Gasteiger partial charge on any atom is -0.481 e. The third-order valence-electron chi connectivity index (χ3n) is 7.03. The summed E-state index contributed by atoms with van der Waals surface area (Å²) in [5.41, 5.74) is -0.468. The number of guanidine groups is 1. The third kappa shape index (κ3) is 6.25. The van der Waals surface area contributed by atoms with Crippen LogP contribution in [0.4, 0.5) is 33.3 Å². The molecule has 1 saturated heterocycles. The van der Waals surface area contributed by atoms with Crippen LogP contribution in [0.25, 0.3) is 0 Å². The maximum Gasteiger partial charge on any atom is 0.416 e. The van der Waals surface area contributed by atoms with Gasteiger partial charge >= 0.3 is 12.1 Å². The second-order valence-corrected chi connectivity index (χ2v) is 9.60. The molecule has 38 heavy (non-hydrogen) atoms. The molecule has 0 spiro atoms. The molecule has 2 heterocycles. The largest absolute Gasteiger partial charge is 0.481 e. The average molecular weight is 539 g/mol. The van der Waals surface area contributed by atoms with Gasteiger partial charge in [0, 0.05) is 37.4 Å². The summed E-state index contributed by atoms with van der Waals surface area (Å²) in [5.74, 6) is -1.59. The number of hydrogen-bond acceptors (Lipinski definition) is 5. The molecular weight excluding hydrogens is 507 g/mol. The fraction of sp³-hybridized carbons (Fsp3) is 0.481. The number of aliphatic imine (C=N–C) groups is 1. The summed E-state index contributed by atoms with van der Waals surface area (Å²) in [7, 11) is 0. The highest BCUT2D eigenvalue weighted by Gasteiger charge is 2.38. The number of halogens is 5. The van der Waals surface area contributed by atoms with Crippen LogP contribution in [0.15, 0.2) is 47.5 Å². The van der Waals surface area contributed by atoms with Crippen molar-refractivity contribution in [1.82, 2.24) is 9.80 Å². The van der Waals surface area contributed by atoms with E-state index < -0.39 is 42.2 Å². The molecule has 206 valence electrons. The van der Waals surface area contributed by atoms with Crippen LogP contribution < -0.4 is 4.90 Å². The fourth-order valence-electron chi connectivity index (χ4n) is 4.98. The van der Waals surface area contributed by atoms with Crippen LogP contribution in [0.1, 0.15) is 49.8 Å². The molecule has 1 N–H and O–H groups in total. The molecule has 2 atom stereocenters. The average Bonchev–Trinajstić information content (AvgIpc) is 2.88. The predicted molar refractivity (Wildman–Crippen MR) is 135 cm³/mol. The van der Waals surface area contributed by atoms with Crippen molar-refractivity contribution in [3.63, 3.8) is 0 Å². The first-order valence-corrected chi connectivity index (χ1v) is 12.7. The van der Waals surface area contributed by atoms with E-state index in [4.69, 9.17) is 0 Å². The summed E-state index contributed by atoms with van der Waals surface area (Å²) in [5, 5.41) is 9.69. The van der Waals surface area contributed by atoms with Crippen LogP contribution >= 0.6 is 0 Å². The van der Waals surface area contributed by atoms with Crippen molar-refractivity contribution in [2.75, 3.05) is 37.6 Å². The van der Waals surface area contributed by atoms with E-state index in [0.717, 1.165) is 18.7 Å². The van der Waals surface area contributed by atoms with Gasteiger partial charge in [-0.05, 0) is 50.1 Å². The molecule has 1 fully saturated rings. The standard InChI is InChI=1S/C27H31F5N4O2/c1-2-19(28)7-5-11-34-12-14-35(15-13-34)26-33-25-21(9-4-10-22(25)29)23(17-24(37)38)36(26)20-8-3-6-18(16-20)27(30,31)32/h3-4,6,8-10,16,19,23H,2,5,7,11-15,17H2,1H3,(H,37,38). The Labute approximate surface area is 218 Å². The van der Waals surface area contributed by atoms with E-state index in [1.165, 1.54) is 29.2 Å². The van der Waals surface area contributed by atoms with E-state index in [-0.39, 0.29) is 17.3 Å². The first-order valence-electron chi connectivity index (χ1n) is 12.7. The summed E-state index contributed by atoms with van der Waals surface area (Å²) in [6.45, 7) is 4.63. The zero-order chi connectivity index (χ0) is 27.4. The van der Waals surface area contributed by atoms with Gasteiger partial charge in [0.15, 0.2) is 0 Å². The van der Waals surface area contributed by atoms with Crippen molar-refractivity contribution in [2.24, 2.45) is 4.99 Å². The van der Waals surface area contributed by atoms with E-state index in [0.29, 0.717) is 51.0 Å². The van der Waals surface area contributed by atoms with Gasteiger partial charge in [0.25, 0.3) is 0 Å². The maximum atomic E-state index is 14.9. The van der Waals surface area contributed by atoms with Crippen molar-refractivity contribution in [2.45, 2.75) is 51.0 Å². The van der Waals surface area contributed by atoms with E-state index >= 15 is 0 Å². The highest BCUT2D eigenvalue weighted by molar-refractivity contribution is 6.01. The summed E-state index contributed by atoms with van der Waals surface area (Å²) in [6.07, 6.45) is -4.21. The number of piperazine rings is 1. The van der Waals surface area contributed by atoms with Gasteiger partial charge in [0.2, 0.25) is 5.96 Å². The number of aliphatic carboxylic acids is 1. The number of carboxylic acids is 1. The zero-order valence-electron chi connectivity index (χ0n) is 21.1. The highest BCUT2D eigenvalue weighted by atomic mass is 19.4. The first-order chi connectivity index (χ1) is 18.1. The number of hydrogen-bond donors (Lipinski definition) is 1. The van der Waals surface area contributed by atoms with E-state index in [9.17, 15) is 31.9 Å². The van der Waals surface area contributed by atoms with Gasteiger partial charge in [-0.2, -0.15) is 13.2 Å². The molecule has 0 amide bonds. The van der Waals surface area contributed by atoms with E-state index in [1.807, 2.05) is 11.8 Å². The third-order valence-corrected chi connectivity index (χ3v) is 7.03. The molecule has 6 nitrogen and oxygen atoms in total. The summed E-state index contributed by atoms with van der Waals surface area (Å²) >= 11 is 0. The Morgan fingerprint density at radius 1 is 1.13 bits per heavy atom. The number of fused-ring (bicyclic) bond motifs is 1. The molecule has 2 aliphatic heterocycles. The number of anilines is 1. The monoisotopic (exact) mass is 538 g/mol. The molecule has 0 bridgehead atoms. The van der Waals surface area contributed by atoms with Gasteiger partial charge in [0.05, 0.1) is 24.2 Å². The van der Waals surface area contributed by atoms with Gasteiger partial charge in [-0.3, -0.25) is 9.69 Å². The van der Waals surface area contributed by atoms with Gasteiger partial charge in [-0.1, -0.05) is 25.1 Å². The topological polar surface area (TPSA) is 59.4 Å². The van der Waals surface area contributed by atoms with Gasteiger partial charge in [0.1, 0.15) is 11.5 Å². The number of alkyl halides is 4. The van der Waals surface area contributed by atoms with Crippen molar-refractivity contribution >= 4 is 23.3 Å². The smallest absolute Gasteiger partial charge is 0.416 e. The summed E-state index contributed by atoms with van der Waals surface area (Å²) in [4.78, 5) is 21.9. The minimum absolute atomic E-state index is 0.00652. The van der Waals surface area contributed by atoms with E-state index in [2.05, 4.69) is 9.89 Å². The number of carboxylic acid groups (broad SMARTS) is 1. The molecule has 0 radical (unpaired) electrons. The van der Waals surface area contributed by atoms with Crippen molar-refractivity contribution in [3.05, 3.63) is 59.4 Å². The first kappa shape index (κ1) is 27.8. The van der Waals surface area contributed by atoms with Crippen LogP contribution in [0.2, 0.25) is 0 Å². The van der Waals surface area contributed by atoms with Crippen LogP contribution in [-0.4, -0.2) is 65.7 Å². The Morgan fingerprint density at radius 2 is 1.84 bits per heavy atom. The Bertz CT molecular complexity index is 1160. The lowest BCUT2D eigenvalue weighted by atomic mass is 9.97. The quantitative estimate of drug-likeness (QED) is 0.417. The lowest BCUT2D eigenvalue weighted by Gasteiger charge is -2.44. The molecule has 0 aromatic heterocycles. The van der Waals surface area contributed by atoms with E-state index in [1.54, 1.807) is 6.07 Å². The number of carbonyl (C=O) groups is 1. The second-order valence-electron chi connectivity index (χ2n) is 9.60. The summed E-state index contributed by atoms with van der Waals surface area (Å²) in [6, 6.07) is 7.90. The maximum absolute atomic E-state index is 14.9. The van der Waals surface area contributed by atoms with Crippen molar-refractivity contribution in [1.29, 1.82) is 0 Å². The Morgan fingerprint density at radius 3 is 2.50 bits per heavy atom. The lowest BCUT2D eigenvalue weighted by molar-refractivity contribution is -0.138. The molecule has 11 heteroatoms. The van der Waals surface area contributed by atoms with Crippen molar-refractivity contribution in [3.8, 4) is 0 Å². The van der Waals surface area contributed by atoms with Gasteiger partial charge in [-0.25, -0.2) is 13.8 Å². The number of benzene rings is 2. The number of rotatable bonds is 8. The molecular formula is C27H31F5N4O2. The SMILES string of the molecule is CCC(F)CCCN1CCN(C2=Nc3c(F)cccc3C(CC(=O)O)N2c2cccc(C(F)(F)F)c2)CC1.